The van der Waals surface area contributed by atoms with Gasteiger partial charge in [0.1, 0.15) is 0 Å². The molecule has 2 amide bonds. The van der Waals surface area contributed by atoms with Crippen molar-refractivity contribution in [1.82, 2.24) is 10.6 Å². The molecule has 3 N–H and O–H groups in total. The van der Waals surface area contributed by atoms with Gasteiger partial charge in [-0.2, -0.15) is 0 Å². The van der Waals surface area contributed by atoms with Crippen LogP contribution in [0.3, 0.4) is 0 Å². The summed E-state index contributed by atoms with van der Waals surface area (Å²) in [6.07, 6.45) is 1.61. The number of rotatable bonds is 5. The minimum Gasteiger partial charge on any atom is -0.493 e. The smallest absolute Gasteiger partial charge is 0.260 e. The van der Waals surface area contributed by atoms with Gasteiger partial charge in [0.05, 0.1) is 25.4 Å². The second kappa shape index (κ2) is 8.69. The Hall–Kier alpha value is -3.52. The molecular formula is C23H26N4O4. The van der Waals surface area contributed by atoms with Crippen LogP contribution in [0.25, 0.3) is 5.57 Å². The molecular weight excluding hydrogens is 396 g/mol. The third-order valence-electron chi connectivity index (χ3n) is 5.61. The SMILES string of the molecule is COc1cc2c(cc1OC)/C(=C/Nc1ccc(N3CCNCC3C)cc1)C(=O)NC2=O. The number of amides is 2. The van der Waals surface area contributed by atoms with Crippen LogP contribution in [0.4, 0.5) is 11.4 Å². The molecule has 2 aromatic rings. The molecule has 1 saturated heterocycles. The highest BCUT2D eigenvalue weighted by Crippen LogP contribution is 2.35. The van der Waals surface area contributed by atoms with Gasteiger partial charge >= 0.3 is 0 Å². The number of nitrogens with one attached hydrogen (secondary N) is 3. The van der Waals surface area contributed by atoms with E-state index in [1.807, 2.05) is 12.1 Å². The van der Waals surface area contributed by atoms with E-state index in [2.05, 4.69) is 39.9 Å². The lowest BCUT2D eigenvalue weighted by Crippen LogP contribution is -2.49. The Morgan fingerprint density at radius 1 is 1.03 bits per heavy atom. The molecule has 0 saturated carbocycles. The fraction of sp³-hybridized carbons (Fsp3) is 0.304. The minimum atomic E-state index is -0.469. The molecule has 4 rings (SSSR count). The number of nitrogens with zero attached hydrogens (tertiary/aromatic N) is 1. The number of benzene rings is 2. The molecule has 1 unspecified atom stereocenters. The highest BCUT2D eigenvalue weighted by molar-refractivity contribution is 6.31. The zero-order valence-electron chi connectivity index (χ0n) is 17.8. The van der Waals surface area contributed by atoms with Crippen LogP contribution in [0.5, 0.6) is 11.5 Å². The van der Waals surface area contributed by atoms with Crippen molar-refractivity contribution in [2.75, 3.05) is 44.1 Å². The number of carbonyl (C=O) groups excluding carboxylic acids is 2. The molecule has 2 aromatic carbocycles. The molecule has 0 aliphatic carbocycles. The van der Waals surface area contributed by atoms with Crippen LogP contribution in [0.15, 0.2) is 42.6 Å². The summed E-state index contributed by atoms with van der Waals surface area (Å²) < 4.78 is 10.6. The highest BCUT2D eigenvalue weighted by Gasteiger charge is 2.29. The van der Waals surface area contributed by atoms with Crippen LogP contribution < -0.4 is 30.3 Å². The number of anilines is 2. The highest BCUT2D eigenvalue weighted by atomic mass is 16.5. The van der Waals surface area contributed by atoms with Crippen molar-refractivity contribution in [1.29, 1.82) is 0 Å². The summed E-state index contributed by atoms with van der Waals surface area (Å²) >= 11 is 0. The zero-order chi connectivity index (χ0) is 22.0. The van der Waals surface area contributed by atoms with Crippen LogP contribution in [0.1, 0.15) is 22.8 Å². The van der Waals surface area contributed by atoms with Crippen LogP contribution in [0, 0.1) is 0 Å². The Kier molecular flexibility index (Phi) is 5.81. The van der Waals surface area contributed by atoms with Gasteiger partial charge < -0.3 is 25.0 Å². The van der Waals surface area contributed by atoms with Crippen molar-refractivity contribution in [3.8, 4) is 11.5 Å². The van der Waals surface area contributed by atoms with E-state index < -0.39 is 11.8 Å². The Labute approximate surface area is 181 Å². The van der Waals surface area contributed by atoms with Crippen molar-refractivity contribution in [2.24, 2.45) is 0 Å². The molecule has 31 heavy (non-hydrogen) atoms. The second-order valence-corrected chi connectivity index (χ2v) is 7.53. The van der Waals surface area contributed by atoms with Gasteiger partial charge in [0.15, 0.2) is 11.5 Å². The van der Waals surface area contributed by atoms with Gasteiger partial charge in [-0.1, -0.05) is 0 Å². The maximum atomic E-state index is 12.5. The van der Waals surface area contributed by atoms with Gasteiger partial charge in [0, 0.05) is 48.8 Å². The summed E-state index contributed by atoms with van der Waals surface area (Å²) in [5, 5.41) is 8.94. The van der Waals surface area contributed by atoms with Crippen LogP contribution in [0.2, 0.25) is 0 Å². The number of hydrogen-bond acceptors (Lipinski definition) is 7. The first-order valence-electron chi connectivity index (χ1n) is 10.2. The standard InChI is InChI=1S/C23H26N4O4/c1-14-12-24-8-9-27(14)16-6-4-15(5-7-16)25-13-19-17-10-20(30-2)21(31-3)11-18(17)22(28)26-23(19)29/h4-7,10-11,13-14,24-25H,8-9,12H2,1-3H3,(H,26,28,29)/b19-13-. The average Bonchev–Trinajstić information content (AvgIpc) is 2.79. The Morgan fingerprint density at radius 3 is 2.35 bits per heavy atom. The lowest BCUT2D eigenvalue weighted by atomic mass is 9.94. The number of imide groups is 1. The van der Waals surface area contributed by atoms with Crippen molar-refractivity contribution < 1.29 is 19.1 Å². The number of fused-ring (bicyclic) bond motifs is 1. The molecule has 162 valence electrons. The summed E-state index contributed by atoms with van der Waals surface area (Å²) in [6.45, 7) is 5.10. The Bertz CT molecular complexity index is 1030. The summed E-state index contributed by atoms with van der Waals surface area (Å²) in [5.74, 6) is -0.0592. The first-order chi connectivity index (χ1) is 15.0. The van der Waals surface area contributed by atoms with Gasteiger partial charge in [-0.05, 0) is 43.3 Å². The number of carbonyl (C=O) groups is 2. The van der Waals surface area contributed by atoms with E-state index in [9.17, 15) is 9.59 Å². The van der Waals surface area contributed by atoms with Crippen molar-refractivity contribution in [3.63, 3.8) is 0 Å². The van der Waals surface area contributed by atoms with E-state index in [-0.39, 0.29) is 0 Å². The number of piperazine rings is 1. The van der Waals surface area contributed by atoms with Gasteiger partial charge in [-0.25, -0.2) is 0 Å². The minimum absolute atomic E-state index is 0.343. The van der Waals surface area contributed by atoms with E-state index in [0.717, 1.165) is 31.0 Å². The van der Waals surface area contributed by atoms with E-state index in [0.29, 0.717) is 34.2 Å². The first-order valence-corrected chi connectivity index (χ1v) is 10.2. The van der Waals surface area contributed by atoms with E-state index in [1.165, 1.54) is 14.2 Å². The van der Waals surface area contributed by atoms with E-state index in [1.54, 1.807) is 18.3 Å². The molecule has 2 aliphatic heterocycles. The summed E-state index contributed by atoms with van der Waals surface area (Å²) in [7, 11) is 3.01. The molecule has 0 radical (unpaired) electrons. The van der Waals surface area contributed by atoms with Crippen LogP contribution in [-0.4, -0.2) is 51.7 Å². The fourth-order valence-electron chi connectivity index (χ4n) is 3.92. The van der Waals surface area contributed by atoms with Gasteiger partial charge in [0.2, 0.25) is 0 Å². The maximum Gasteiger partial charge on any atom is 0.260 e. The van der Waals surface area contributed by atoms with E-state index in [4.69, 9.17) is 9.47 Å². The number of hydrogen-bond donors (Lipinski definition) is 3. The third kappa shape index (κ3) is 4.06. The molecule has 0 spiro atoms. The van der Waals surface area contributed by atoms with Crippen molar-refractivity contribution in [2.45, 2.75) is 13.0 Å². The van der Waals surface area contributed by atoms with Gasteiger partial charge in [0.25, 0.3) is 11.8 Å². The van der Waals surface area contributed by atoms with Crippen LogP contribution in [-0.2, 0) is 4.79 Å². The molecule has 8 nitrogen and oxygen atoms in total. The average molecular weight is 422 g/mol. The van der Waals surface area contributed by atoms with Crippen molar-refractivity contribution in [3.05, 3.63) is 53.7 Å². The maximum absolute atomic E-state index is 12.5. The number of methoxy groups -OCH3 is 2. The predicted octanol–water partition coefficient (Wildman–Crippen LogP) is 2.22. The molecule has 1 fully saturated rings. The summed E-state index contributed by atoms with van der Waals surface area (Å²) in [6, 6.07) is 11.7. The molecule has 8 heteroatoms. The molecule has 0 bridgehead atoms. The molecule has 0 aromatic heterocycles. The first kappa shape index (κ1) is 20.7. The van der Waals surface area contributed by atoms with Gasteiger partial charge in [-0.3, -0.25) is 14.9 Å². The zero-order valence-corrected chi connectivity index (χ0v) is 17.8. The quantitative estimate of drug-likeness (QED) is 0.503. The Morgan fingerprint density at radius 2 is 1.71 bits per heavy atom. The number of ether oxygens (including phenoxy) is 2. The Balaban J connectivity index is 1.60. The topological polar surface area (TPSA) is 91.9 Å². The predicted molar refractivity (Wildman–Crippen MR) is 120 cm³/mol. The molecule has 2 aliphatic rings. The molecule has 2 heterocycles. The largest absolute Gasteiger partial charge is 0.493 e. The van der Waals surface area contributed by atoms with Gasteiger partial charge in [-0.15, -0.1) is 0 Å². The lowest BCUT2D eigenvalue weighted by Gasteiger charge is -2.36. The summed E-state index contributed by atoms with van der Waals surface area (Å²) in [4.78, 5) is 27.2. The monoisotopic (exact) mass is 422 g/mol. The molecule has 1 atom stereocenters. The van der Waals surface area contributed by atoms with E-state index >= 15 is 0 Å². The third-order valence-corrected chi connectivity index (χ3v) is 5.61. The normalized spacial score (nSPS) is 19.6. The van der Waals surface area contributed by atoms with Crippen LogP contribution >= 0.6 is 0 Å². The summed E-state index contributed by atoms with van der Waals surface area (Å²) in [5.41, 5.74) is 3.19. The fourth-order valence-corrected chi connectivity index (χ4v) is 3.92. The second-order valence-electron chi connectivity index (χ2n) is 7.53. The lowest BCUT2D eigenvalue weighted by molar-refractivity contribution is -0.114. The van der Waals surface area contributed by atoms with Crippen molar-refractivity contribution >= 4 is 28.8 Å².